The summed E-state index contributed by atoms with van der Waals surface area (Å²) in [5, 5.41) is 0. The molecule has 0 spiro atoms. The average molecular weight is 278 g/mol. The van der Waals surface area contributed by atoms with Crippen molar-refractivity contribution >= 4 is 0 Å². The molecule has 0 rings (SSSR count). The van der Waals surface area contributed by atoms with E-state index < -0.39 is 19.0 Å². The van der Waals surface area contributed by atoms with E-state index in [0.29, 0.717) is 19.8 Å². The van der Waals surface area contributed by atoms with E-state index in [1.807, 2.05) is 0 Å². The third-order valence-corrected chi connectivity index (χ3v) is 1.79. The van der Waals surface area contributed by atoms with E-state index in [2.05, 4.69) is 4.74 Å². The Balaban J connectivity index is 3.21. The van der Waals surface area contributed by atoms with Crippen LogP contribution in [0.1, 0.15) is 0 Å². The van der Waals surface area contributed by atoms with Crippen LogP contribution in [0, 0.1) is 0 Å². The van der Waals surface area contributed by atoms with Gasteiger partial charge in [-0.15, -0.1) is 0 Å². The van der Waals surface area contributed by atoms with Crippen LogP contribution in [0.2, 0.25) is 0 Å². The van der Waals surface area contributed by atoms with Gasteiger partial charge in [-0.25, -0.2) is 8.78 Å². The molecule has 0 saturated carbocycles. The maximum absolute atomic E-state index is 12.3. The maximum Gasteiger partial charge on any atom is 0.330 e. The van der Waals surface area contributed by atoms with Crippen molar-refractivity contribution in [3.63, 3.8) is 0 Å². The van der Waals surface area contributed by atoms with Gasteiger partial charge in [0, 0.05) is 7.11 Å². The summed E-state index contributed by atoms with van der Waals surface area (Å²) in [6.07, 6.45) is -3.72. The number of halogens is 4. The molecule has 110 valence electrons. The second-order valence-corrected chi connectivity index (χ2v) is 3.33. The highest BCUT2D eigenvalue weighted by molar-refractivity contribution is 4.67. The van der Waals surface area contributed by atoms with Crippen LogP contribution in [0.4, 0.5) is 17.6 Å². The molecule has 0 unspecified atom stereocenters. The van der Waals surface area contributed by atoms with Gasteiger partial charge < -0.3 is 18.9 Å². The Morgan fingerprint density at radius 1 is 0.833 bits per heavy atom. The van der Waals surface area contributed by atoms with E-state index in [-0.39, 0.29) is 19.8 Å². The quantitative estimate of drug-likeness (QED) is 0.401. The largest absolute Gasteiger partial charge is 0.382 e. The highest BCUT2D eigenvalue weighted by Gasteiger charge is 2.40. The first-order chi connectivity index (χ1) is 8.50. The molecule has 0 atom stereocenters. The SMILES string of the molecule is COCCOCCOCCOCC(F)(F)C(F)F. The molecule has 8 heteroatoms. The molecule has 0 aromatic rings. The molecule has 0 fully saturated rings. The lowest BCUT2D eigenvalue weighted by Crippen LogP contribution is -2.32. The molecule has 0 radical (unpaired) electrons. The van der Waals surface area contributed by atoms with Crippen LogP contribution in [0.25, 0.3) is 0 Å². The summed E-state index contributed by atoms with van der Waals surface area (Å²) >= 11 is 0. The number of ether oxygens (including phenoxy) is 4. The van der Waals surface area contributed by atoms with Gasteiger partial charge in [0.05, 0.1) is 39.6 Å². The van der Waals surface area contributed by atoms with Crippen LogP contribution in [0.15, 0.2) is 0 Å². The Bertz CT molecular complexity index is 193. The summed E-state index contributed by atoms with van der Waals surface area (Å²) in [5.41, 5.74) is 0. The second-order valence-electron chi connectivity index (χ2n) is 3.33. The van der Waals surface area contributed by atoms with Gasteiger partial charge in [0.15, 0.2) is 0 Å². The normalized spacial score (nSPS) is 12.3. The number of hydrogen-bond donors (Lipinski definition) is 0. The molecule has 0 aromatic heterocycles. The molecule has 4 nitrogen and oxygen atoms in total. The zero-order chi connectivity index (χ0) is 13.9. The van der Waals surface area contributed by atoms with Gasteiger partial charge >= 0.3 is 12.3 Å². The van der Waals surface area contributed by atoms with Crippen molar-refractivity contribution in [2.24, 2.45) is 0 Å². The Kier molecular flexibility index (Phi) is 10.2. The fraction of sp³-hybridized carbons (Fsp3) is 1.00. The van der Waals surface area contributed by atoms with Crippen molar-refractivity contribution in [1.29, 1.82) is 0 Å². The average Bonchev–Trinajstić information content (AvgIpc) is 2.31. The van der Waals surface area contributed by atoms with E-state index >= 15 is 0 Å². The van der Waals surface area contributed by atoms with Crippen molar-refractivity contribution in [1.82, 2.24) is 0 Å². The lowest BCUT2D eigenvalue weighted by molar-refractivity contribution is -0.168. The minimum absolute atomic E-state index is 0.0486. The minimum atomic E-state index is -4.11. The number of hydrogen-bond acceptors (Lipinski definition) is 4. The van der Waals surface area contributed by atoms with Crippen molar-refractivity contribution < 1.29 is 36.5 Å². The van der Waals surface area contributed by atoms with Crippen LogP contribution in [-0.4, -0.2) is 65.7 Å². The van der Waals surface area contributed by atoms with Gasteiger partial charge in [-0.1, -0.05) is 0 Å². The van der Waals surface area contributed by atoms with Crippen LogP contribution in [-0.2, 0) is 18.9 Å². The van der Waals surface area contributed by atoms with Crippen molar-refractivity contribution in [3.8, 4) is 0 Å². The first-order valence-corrected chi connectivity index (χ1v) is 5.39. The molecule has 0 aliphatic heterocycles. The number of rotatable bonds is 12. The van der Waals surface area contributed by atoms with E-state index in [1.54, 1.807) is 7.11 Å². The minimum Gasteiger partial charge on any atom is -0.382 e. The molecule has 0 aliphatic rings. The topological polar surface area (TPSA) is 36.9 Å². The van der Waals surface area contributed by atoms with Gasteiger partial charge in [-0.05, 0) is 0 Å². The third-order valence-electron chi connectivity index (χ3n) is 1.79. The van der Waals surface area contributed by atoms with Crippen molar-refractivity contribution in [2.75, 3.05) is 53.4 Å². The predicted molar refractivity (Wildman–Crippen MR) is 55.3 cm³/mol. The fourth-order valence-electron chi connectivity index (χ4n) is 0.853. The zero-order valence-corrected chi connectivity index (χ0v) is 10.2. The van der Waals surface area contributed by atoms with Gasteiger partial charge in [0.1, 0.15) is 6.61 Å². The maximum atomic E-state index is 12.3. The first-order valence-electron chi connectivity index (χ1n) is 5.39. The van der Waals surface area contributed by atoms with Gasteiger partial charge in [-0.3, -0.25) is 0 Å². The molecule has 18 heavy (non-hydrogen) atoms. The summed E-state index contributed by atoms with van der Waals surface area (Å²) in [6.45, 7) is 0.114. The van der Waals surface area contributed by atoms with E-state index in [0.717, 1.165) is 0 Å². The number of methoxy groups -OCH3 is 1. The van der Waals surface area contributed by atoms with Gasteiger partial charge in [-0.2, -0.15) is 8.78 Å². The van der Waals surface area contributed by atoms with Crippen molar-refractivity contribution in [3.05, 3.63) is 0 Å². The lowest BCUT2D eigenvalue weighted by Gasteiger charge is -2.15. The third kappa shape index (κ3) is 9.58. The molecule has 0 amide bonds. The summed E-state index contributed by atoms with van der Waals surface area (Å²) in [4.78, 5) is 0. The van der Waals surface area contributed by atoms with E-state index in [1.165, 1.54) is 0 Å². The highest BCUT2D eigenvalue weighted by Crippen LogP contribution is 2.22. The number of alkyl halides is 4. The summed E-state index contributed by atoms with van der Waals surface area (Å²) in [6, 6.07) is 0. The molecule has 0 aliphatic carbocycles. The van der Waals surface area contributed by atoms with E-state index in [9.17, 15) is 17.6 Å². The predicted octanol–water partition coefficient (Wildman–Crippen LogP) is 1.58. The summed E-state index contributed by atoms with van der Waals surface area (Å²) < 4.78 is 67.2. The molecule has 0 saturated heterocycles. The molecular formula is C10H18F4O4. The van der Waals surface area contributed by atoms with Crippen molar-refractivity contribution in [2.45, 2.75) is 12.3 Å². The fourth-order valence-corrected chi connectivity index (χ4v) is 0.853. The molecular weight excluding hydrogens is 260 g/mol. The molecule has 0 heterocycles. The highest BCUT2D eigenvalue weighted by atomic mass is 19.3. The summed E-state index contributed by atoms with van der Waals surface area (Å²) in [7, 11) is 1.55. The smallest absolute Gasteiger partial charge is 0.330 e. The Labute approximate surface area is 103 Å². The second kappa shape index (κ2) is 10.5. The first kappa shape index (κ1) is 17.6. The molecule has 0 N–H and O–H groups in total. The Morgan fingerprint density at radius 3 is 1.72 bits per heavy atom. The summed E-state index contributed by atoms with van der Waals surface area (Å²) in [5.74, 6) is -4.11. The zero-order valence-electron chi connectivity index (χ0n) is 10.2. The molecule has 0 aromatic carbocycles. The van der Waals surface area contributed by atoms with Crippen LogP contribution >= 0.6 is 0 Å². The lowest BCUT2D eigenvalue weighted by atomic mass is 10.4. The standard InChI is InChI=1S/C10H18F4O4/c1-15-2-3-16-4-5-17-6-7-18-8-10(13,14)9(11)12/h9H,2-8H2,1H3. The Morgan fingerprint density at radius 2 is 1.28 bits per heavy atom. The van der Waals surface area contributed by atoms with Crippen LogP contribution in [0.3, 0.4) is 0 Å². The van der Waals surface area contributed by atoms with E-state index in [4.69, 9.17) is 14.2 Å². The monoisotopic (exact) mass is 278 g/mol. The molecule has 0 bridgehead atoms. The van der Waals surface area contributed by atoms with Crippen LogP contribution < -0.4 is 0 Å². The van der Waals surface area contributed by atoms with Crippen LogP contribution in [0.5, 0.6) is 0 Å². The van der Waals surface area contributed by atoms with Gasteiger partial charge in [0.2, 0.25) is 0 Å². The Hall–Kier alpha value is -0.440. The van der Waals surface area contributed by atoms with Gasteiger partial charge in [0.25, 0.3) is 0 Å².